The van der Waals surface area contributed by atoms with Gasteiger partial charge in [0.1, 0.15) is 0 Å². The molecule has 0 atom stereocenters. The van der Waals surface area contributed by atoms with E-state index >= 15 is 0 Å². The lowest BCUT2D eigenvalue weighted by atomic mass is 10.1. The molecule has 0 bridgehead atoms. The molecular formula is C66H61N3. The number of rotatable bonds is 13. The largest absolute Gasteiger partial charge is 0.310 e. The minimum Gasteiger partial charge on any atom is -0.310 e. The molecule has 3 nitrogen and oxygen atoms in total. The fourth-order valence-electron chi connectivity index (χ4n) is 9.16. The molecule has 0 fully saturated rings. The molecule has 0 aliphatic heterocycles. The molecule has 0 saturated heterocycles. The number of aryl methyl sites for hydroxylation is 8. The predicted molar refractivity (Wildman–Crippen MR) is 299 cm³/mol. The molecule has 9 aromatic rings. The molecule has 0 saturated carbocycles. The van der Waals surface area contributed by atoms with Crippen LogP contribution in [0.4, 0.5) is 51.2 Å². The van der Waals surface area contributed by atoms with Gasteiger partial charge in [0.15, 0.2) is 0 Å². The van der Waals surface area contributed by atoms with Crippen LogP contribution in [0.5, 0.6) is 0 Å². The van der Waals surface area contributed by atoms with E-state index in [4.69, 9.17) is 0 Å². The highest BCUT2D eigenvalue weighted by atomic mass is 15.2. The topological polar surface area (TPSA) is 9.72 Å². The summed E-state index contributed by atoms with van der Waals surface area (Å²) in [5.74, 6) is 0. The van der Waals surface area contributed by atoms with Crippen LogP contribution < -0.4 is 14.7 Å². The van der Waals surface area contributed by atoms with E-state index in [0.29, 0.717) is 0 Å². The van der Waals surface area contributed by atoms with E-state index in [0.717, 1.165) is 62.1 Å². The van der Waals surface area contributed by atoms with Crippen LogP contribution >= 0.6 is 0 Å². The van der Waals surface area contributed by atoms with Crippen LogP contribution in [0.15, 0.2) is 200 Å². The Kier molecular flexibility index (Phi) is 13.6. The molecule has 0 radical (unpaired) electrons. The Morgan fingerprint density at radius 1 is 0.217 bits per heavy atom. The fraction of sp³-hybridized carbons (Fsp3) is 0.121. The zero-order chi connectivity index (χ0) is 48.0. The molecule has 69 heavy (non-hydrogen) atoms. The Hall–Kier alpha value is -8.14. The Balaban J connectivity index is 0.927. The van der Waals surface area contributed by atoms with E-state index in [1.54, 1.807) is 0 Å². The normalized spacial score (nSPS) is 11.4. The quantitative estimate of drug-likeness (QED) is 0.107. The van der Waals surface area contributed by atoms with Crippen LogP contribution in [-0.2, 0) is 0 Å². The molecule has 3 heteroatoms. The highest BCUT2D eigenvalue weighted by Crippen LogP contribution is 2.40. The zero-order valence-electron chi connectivity index (χ0n) is 41.2. The van der Waals surface area contributed by atoms with Gasteiger partial charge in [-0.25, -0.2) is 0 Å². The first-order valence-corrected chi connectivity index (χ1v) is 24.0. The van der Waals surface area contributed by atoms with E-state index < -0.39 is 0 Å². The Labute approximate surface area is 410 Å². The smallest absolute Gasteiger partial charge is 0.0490 e. The summed E-state index contributed by atoms with van der Waals surface area (Å²) < 4.78 is 0. The summed E-state index contributed by atoms with van der Waals surface area (Å²) in [6, 6.07) is 73.0. The van der Waals surface area contributed by atoms with Gasteiger partial charge in [0.05, 0.1) is 0 Å². The van der Waals surface area contributed by atoms with Crippen molar-refractivity contribution in [1.29, 1.82) is 0 Å². The third kappa shape index (κ3) is 10.7. The maximum absolute atomic E-state index is 2.36. The minimum absolute atomic E-state index is 1.11. The summed E-state index contributed by atoms with van der Waals surface area (Å²) >= 11 is 0. The molecule has 0 aromatic heterocycles. The maximum atomic E-state index is 2.36. The van der Waals surface area contributed by atoms with Crippen LogP contribution in [0.25, 0.3) is 24.3 Å². The van der Waals surface area contributed by atoms with Crippen molar-refractivity contribution in [2.24, 2.45) is 0 Å². The molecule has 0 N–H and O–H groups in total. The Bertz CT molecular complexity index is 3050. The summed E-state index contributed by atoms with van der Waals surface area (Å²) in [6.07, 6.45) is 8.78. The molecule has 0 unspecified atom stereocenters. The van der Waals surface area contributed by atoms with Crippen molar-refractivity contribution >= 4 is 75.5 Å². The third-order valence-electron chi connectivity index (χ3n) is 12.9. The van der Waals surface area contributed by atoms with Crippen LogP contribution in [0, 0.1) is 55.4 Å². The van der Waals surface area contributed by atoms with Gasteiger partial charge in [0, 0.05) is 51.2 Å². The first kappa shape index (κ1) is 46.0. The molecule has 0 aliphatic carbocycles. The van der Waals surface area contributed by atoms with Crippen molar-refractivity contribution in [1.82, 2.24) is 0 Å². The van der Waals surface area contributed by atoms with E-state index in [1.165, 1.54) is 55.9 Å². The molecule has 0 aliphatic rings. The predicted octanol–water partition coefficient (Wildman–Crippen LogP) is 18.9. The SMILES string of the molecule is Cc1ccc(N(c2ccc(C=Cc3ccc(N(c4ccc(C=Cc5ccc(N(c6ccc(C)cc6)c6ccc(C)cc6C)cc5)cc4)c4ccc(C)cc4C)cc3)cc2)c2ccc(C)cc2C)cc1. The third-order valence-corrected chi connectivity index (χ3v) is 12.9. The average Bonchev–Trinajstić information content (AvgIpc) is 3.35. The molecule has 9 aromatic carbocycles. The summed E-state index contributed by atoms with van der Waals surface area (Å²) in [7, 11) is 0. The van der Waals surface area contributed by atoms with Crippen molar-refractivity contribution < 1.29 is 0 Å². The number of hydrogen-bond donors (Lipinski definition) is 0. The summed E-state index contributed by atoms with van der Waals surface area (Å²) in [5, 5.41) is 0. The second kappa shape index (κ2) is 20.4. The van der Waals surface area contributed by atoms with E-state index in [1.807, 2.05) is 0 Å². The molecule has 0 amide bonds. The molecule has 340 valence electrons. The van der Waals surface area contributed by atoms with Crippen molar-refractivity contribution in [3.05, 3.63) is 267 Å². The van der Waals surface area contributed by atoms with Crippen LogP contribution in [0.1, 0.15) is 66.8 Å². The average molecular weight is 896 g/mol. The van der Waals surface area contributed by atoms with Gasteiger partial charge in [0.2, 0.25) is 0 Å². The Morgan fingerprint density at radius 2 is 0.406 bits per heavy atom. The van der Waals surface area contributed by atoms with Crippen LogP contribution in [0.3, 0.4) is 0 Å². The first-order valence-electron chi connectivity index (χ1n) is 24.0. The monoisotopic (exact) mass is 895 g/mol. The van der Waals surface area contributed by atoms with E-state index in [9.17, 15) is 0 Å². The standard InChI is InChI=1S/C66H61N3/c1-46-9-28-58(29-10-46)67(64-40-13-48(3)43-51(64)6)60-32-20-54(21-33-60)16-18-56-24-36-62(37-25-56)69(66-42-15-50(5)45-53(66)8)63-38-26-57(27-39-63)19-17-55-22-34-61(35-23-55)68(59-30-11-47(2)12-31-59)65-41-14-49(4)44-52(65)7/h9-45H,1-8H3. The van der Waals surface area contributed by atoms with Gasteiger partial charge in [-0.05, 0) is 185 Å². The van der Waals surface area contributed by atoms with Crippen molar-refractivity contribution in [3.63, 3.8) is 0 Å². The Morgan fingerprint density at radius 3 is 0.609 bits per heavy atom. The fourth-order valence-corrected chi connectivity index (χ4v) is 9.16. The van der Waals surface area contributed by atoms with Gasteiger partial charge >= 0.3 is 0 Å². The minimum atomic E-state index is 1.11. The lowest BCUT2D eigenvalue weighted by Gasteiger charge is -2.27. The van der Waals surface area contributed by atoms with E-state index in [2.05, 4.69) is 295 Å². The van der Waals surface area contributed by atoms with E-state index in [-0.39, 0.29) is 0 Å². The molecular weight excluding hydrogens is 835 g/mol. The van der Waals surface area contributed by atoms with Crippen molar-refractivity contribution in [2.45, 2.75) is 55.4 Å². The molecule has 0 heterocycles. The van der Waals surface area contributed by atoms with Gasteiger partial charge in [-0.3, -0.25) is 0 Å². The van der Waals surface area contributed by atoms with Gasteiger partial charge < -0.3 is 14.7 Å². The van der Waals surface area contributed by atoms with Crippen LogP contribution in [-0.4, -0.2) is 0 Å². The number of anilines is 9. The first-order chi connectivity index (χ1) is 33.4. The molecule has 9 rings (SSSR count). The van der Waals surface area contributed by atoms with Crippen molar-refractivity contribution in [2.75, 3.05) is 14.7 Å². The molecule has 0 spiro atoms. The zero-order valence-corrected chi connectivity index (χ0v) is 41.2. The lowest BCUT2D eigenvalue weighted by Crippen LogP contribution is -2.11. The highest BCUT2D eigenvalue weighted by molar-refractivity contribution is 5.84. The lowest BCUT2D eigenvalue weighted by molar-refractivity contribution is 1.23. The number of hydrogen-bond acceptors (Lipinski definition) is 3. The van der Waals surface area contributed by atoms with Gasteiger partial charge in [-0.2, -0.15) is 0 Å². The van der Waals surface area contributed by atoms with Gasteiger partial charge in [0.25, 0.3) is 0 Å². The highest BCUT2D eigenvalue weighted by Gasteiger charge is 2.18. The van der Waals surface area contributed by atoms with Gasteiger partial charge in [-0.15, -0.1) is 0 Å². The second-order valence-corrected chi connectivity index (χ2v) is 18.6. The van der Waals surface area contributed by atoms with Crippen molar-refractivity contribution in [3.8, 4) is 0 Å². The second-order valence-electron chi connectivity index (χ2n) is 18.6. The number of benzene rings is 9. The van der Waals surface area contributed by atoms with Crippen LogP contribution in [0.2, 0.25) is 0 Å². The summed E-state index contributed by atoms with van der Waals surface area (Å²) in [5.41, 5.74) is 24.9. The van der Waals surface area contributed by atoms with Gasteiger partial charge in [-0.1, -0.05) is 161 Å². The summed E-state index contributed by atoms with van der Waals surface area (Å²) in [4.78, 5) is 7.05. The maximum Gasteiger partial charge on any atom is 0.0490 e. The summed E-state index contributed by atoms with van der Waals surface area (Å²) in [6.45, 7) is 17.3. The number of nitrogens with zero attached hydrogens (tertiary/aromatic N) is 3.